The molecule has 0 radical (unpaired) electrons. The summed E-state index contributed by atoms with van der Waals surface area (Å²) in [6.07, 6.45) is 3.90. The first-order valence-corrected chi connectivity index (χ1v) is 6.66. The van der Waals surface area contributed by atoms with Gasteiger partial charge in [-0.3, -0.25) is 4.79 Å². The Bertz CT molecular complexity index is 405. The van der Waals surface area contributed by atoms with E-state index < -0.39 is 5.60 Å². The van der Waals surface area contributed by atoms with Crippen molar-refractivity contribution in [2.24, 2.45) is 0 Å². The second-order valence-corrected chi connectivity index (χ2v) is 5.23. The highest BCUT2D eigenvalue weighted by molar-refractivity contribution is 5.85. The fourth-order valence-corrected chi connectivity index (χ4v) is 2.43. The SMILES string of the molecule is Cc1ccc(CCNC(=O)C2(O)CCCC2)cc1. The Morgan fingerprint density at radius 3 is 2.50 bits per heavy atom. The van der Waals surface area contributed by atoms with Crippen molar-refractivity contribution in [2.45, 2.75) is 44.6 Å². The number of nitrogens with one attached hydrogen (secondary N) is 1. The number of carbonyl (C=O) groups excluding carboxylic acids is 1. The topological polar surface area (TPSA) is 49.3 Å². The molecule has 0 aliphatic heterocycles. The lowest BCUT2D eigenvalue weighted by molar-refractivity contribution is -0.139. The van der Waals surface area contributed by atoms with Crippen molar-refractivity contribution < 1.29 is 9.90 Å². The first kappa shape index (κ1) is 13.1. The zero-order valence-corrected chi connectivity index (χ0v) is 10.9. The van der Waals surface area contributed by atoms with Crippen LogP contribution in [0.1, 0.15) is 36.8 Å². The molecule has 1 aromatic carbocycles. The number of rotatable bonds is 4. The second kappa shape index (κ2) is 5.53. The van der Waals surface area contributed by atoms with Gasteiger partial charge in [0.1, 0.15) is 5.60 Å². The third kappa shape index (κ3) is 3.10. The maximum Gasteiger partial charge on any atom is 0.251 e. The molecule has 1 fully saturated rings. The summed E-state index contributed by atoms with van der Waals surface area (Å²) < 4.78 is 0. The highest BCUT2D eigenvalue weighted by Gasteiger charge is 2.38. The summed E-state index contributed by atoms with van der Waals surface area (Å²) in [5.74, 6) is -0.202. The summed E-state index contributed by atoms with van der Waals surface area (Å²) in [7, 11) is 0. The molecule has 1 aliphatic carbocycles. The van der Waals surface area contributed by atoms with E-state index in [9.17, 15) is 9.90 Å². The van der Waals surface area contributed by atoms with Gasteiger partial charge in [0.15, 0.2) is 0 Å². The van der Waals surface area contributed by atoms with Crippen LogP contribution in [0, 0.1) is 6.92 Å². The van der Waals surface area contributed by atoms with Gasteiger partial charge in [0.2, 0.25) is 0 Å². The highest BCUT2D eigenvalue weighted by atomic mass is 16.3. The van der Waals surface area contributed by atoms with Gasteiger partial charge in [0, 0.05) is 6.54 Å². The van der Waals surface area contributed by atoms with Gasteiger partial charge in [-0.25, -0.2) is 0 Å². The number of hydrogen-bond acceptors (Lipinski definition) is 2. The highest BCUT2D eigenvalue weighted by Crippen LogP contribution is 2.29. The van der Waals surface area contributed by atoms with Gasteiger partial charge in [0.05, 0.1) is 0 Å². The van der Waals surface area contributed by atoms with Gasteiger partial charge in [-0.2, -0.15) is 0 Å². The van der Waals surface area contributed by atoms with E-state index in [2.05, 4.69) is 36.5 Å². The minimum Gasteiger partial charge on any atom is -0.380 e. The molecule has 0 heterocycles. The molecule has 0 bridgehead atoms. The molecule has 0 aromatic heterocycles. The molecular weight excluding hydrogens is 226 g/mol. The van der Waals surface area contributed by atoms with E-state index in [1.807, 2.05) is 0 Å². The molecule has 3 heteroatoms. The molecule has 0 unspecified atom stereocenters. The standard InChI is InChI=1S/C15H21NO2/c1-12-4-6-13(7-5-12)8-11-16-14(17)15(18)9-2-3-10-15/h4-7,18H,2-3,8-11H2,1H3,(H,16,17). The van der Waals surface area contributed by atoms with E-state index >= 15 is 0 Å². The first-order chi connectivity index (χ1) is 8.60. The molecule has 0 saturated heterocycles. The monoisotopic (exact) mass is 247 g/mol. The Morgan fingerprint density at radius 2 is 1.89 bits per heavy atom. The predicted molar refractivity (Wildman–Crippen MR) is 71.3 cm³/mol. The van der Waals surface area contributed by atoms with Gasteiger partial charge >= 0.3 is 0 Å². The summed E-state index contributed by atoms with van der Waals surface area (Å²) in [4.78, 5) is 11.9. The van der Waals surface area contributed by atoms with Crippen LogP contribution in [0.2, 0.25) is 0 Å². The quantitative estimate of drug-likeness (QED) is 0.854. The maximum absolute atomic E-state index is 11.9. The molecular formula is C15H21NO2. The minimum absolute atomic E-state index is 0.202. The van der Waals surface area contributed by atoms with Gasteiger partial charge in [-0.05, 0) is 44.6 Å². The molecule has 0 atom stereocenters. The number of hydrogen-bond donors (Lipinski definition) is 2. The molecule has 98 valence electrons. The number of aryl methyl sites for hydroxylation is 1. The van der Waals surface area contributed by atoms with E-state index in [1.165, 1.54) is 11.1 Å². The second-order valence-electron chi connectivity index (χ2n) is 5.23. The van der Waals surface area contributed by atoms with Crippen molar-refractivity contribution in [1.82, 2.24) is 5.32 Å². The average Bonchev–Trinajstić information content (AvgIpc) is 2.80. The van der Waals surface area contributed by atoms with E-state index in [0.717, 1.165) is 19.3 Å². The van der Waals surface area contributed by atoms with Crippen LogP contribution in [0.15, 0.2) is 24.3 Å². The Hall–Kier alpha value is -1.35. The van der Waals surface area contributed by atoms with Crippen LogP contribution in [-0.4, -0.2) is 23.2 Å². The summed E-state index contributed by atoms with van der Waals surface area (Å²) in [6, 6.07) is 8.29. The van der Waals surface area contributed by atoms with Crippen LogP contribution >= 0.6 is 0 Å². The molecule has 1 amide bonds. The van der Waals surface area contributed by atoms with Crippen molar-refractivity contribution in [2.75, 3.05) is 6.54 Å². The first-order valence-electron chi connectivity index (χ1n) is 6.66. The third-order valence-corrected chi connectivity index (χ3v) is 3.67. The molecule has 1 aromatic rings. The third-order valence-electron chi connectivity index (χ3n) is 3.67. The number of amides is 1. The fourth-order valence-electron chi connectivity index (χ4n) is 2.43. The summed E-state index contributed by atoms with van der Waals surface area (Å²) in [6.45, 7) is 2.64. The van der Waals surface area contributed by atoms with Crippen LogP contribution in [0.3, 0.4) is 0 Å². The number of carbonyl (C=O) groups is 1. The maximum atomic E-state index is 11.9. The average molecular weight is 247 g/mol. The van der Waals surface area contributed by atoms with Gasteiger partial charge in [-0.15, -0.1) is 0 Å². The van der Waals surface area contributed by atoms with Crippen LogP contribution in [0.4, 0.5) is 0 Å². The van der Waals surface area contributed by atoms with E-state index in [4.69, 9.17) is 0 Å². The van der Waals surface area contributed by atoms with Crippen molar-refractivity contribution in [3.63, 3.8) is 0 Å². The van der Waals surface area contributed by atoms with Gasteiger partial charge < -0.3 is 10.4 Å². The molecule has 2 rings (SSSR count). The Labute approximate surface area is 108 Å². The lowest BCUT2D eigenvalue weighted by Gasteiger charge is -2.20. The van der Waals surface area contributed by atoms with Crippen molar-refractivity contribution in [3.05, 3.63) is 35.4 Å². The van der Waals surface area contributed by atoms with Gasteiger partial charge in [-0.1, -0.05) is 29.8 Å². The molecule has 2 N–H and O–H groups in total. The van der Waals surface area contributed by atoms with E-state index in [-0.39, 0.29) is 5.91 Å². The van der Waals surface area contributed by atoms with Crippen molar-refractivity contribution >= 4 is 5.91 Å². The predicted octanol–water partition coefficient (Wildman–Crippen LogP) is 1.96. The van der Waals surface area contributed by atoms with E-state index in [1.54, 1.807) is 0 Å². The number of benzene rings is 1. The fraction of sp³-hybridized carbons (Fsp3) is 0.533. The summed E-state index contributed by atoms with van der Waals surface area (Å²) in [5, 5.41) is 12.9. The largest absolute Gasteiger partial charge is 0.380 e. The Morgan fingerprint density at radius 1 is 1.28 bits per heavy atom. The Kier molecular flexibility index (Phi) is 4.02. The van der Waals surface area contributed by atoms with Crippen molar-refractivity contribution in [1.29, 1.82) is 0 Å². The minimum atomic E-state index is -1.10. The molecule has 1 saturated carbocycles. The van der Waals surface area contributed by atoms with Crippen LogP contribution in [0.5, 0.6) is 0 Å². The molecule has 1 aliphatic rings. The van der Waals surface area contributed by atoms with Crippen LogP contribution in [0.25, 0.3) is 0 Å². The summed E-state index contributed by atoms with van der Waals surface area (Å²) >= 11 is 0. The Balaban J connectivity index is 1.78. The van der Waals surface area contributed by atoms with Gasteiger partial charge in [0.25, 0.3) is 5.91 Å². The smallest absolute Gasteiger partial charge is 0.251 e. The summed E-state index contributed by atoms with van der Waals surface area (Å²) in [5.41, 5.74) is 1.34. The zero-order valence-electron chi connectivity index (χ0n) is 10.9. The van der Waals surface area contributed by atoms with Crippen LogP contribution in [-0.2, 0) is 11.2 Å². The molecule has 3 nitrogen and oxygen atoms in total. The lowest BCUT2D eigenvalue weighted by Crippen LogP contribution is -2.45. The zero-order chi connectivity index (χ0) is 13.0. The van der Waals surface area contributed by atoms with Crippen molar-refractivity contribution in [3.8, 4) is 0 Å². The normalized spacial score (nSPS) is 17.7. The van der Waals surface area contributed by atoms with E-state index in [0.29, 0.717) is 19.4 Å². The van der Waals surface area contributed by atoms with Crippen LogP contribution < -0.4 is 5.32 Å². The molecule has 0 spiro atoms. The molecule has 18 heavy (non-hydrogen) atoms. The number of aliphatic hydroxyl groups is 1. The lowest BCUT2D eigenvalue weighted by atomic mass is 10.0.